The number of thiazole rings is 1. The molecule has 1 heterocycles. The molecule has 162 valence electrons. The summed E-state index contributed by atoms with van der Waals surface area (Å²) in [7, 11) is 1.64. The lowest BCUT2D eigenvalue weighted by Crippen LogP contribution is -1.99. The second-order valence-corrected chi connectivity index (χ2v) is 8.55. The van der Waals surface area contributed by atoms with Gasteiger partial charge in [-0.2, -0.15) is 5.10 Å². The molecule has 0 bridgehead atoms. The molecule has 0 fully saturated rings. The Morgan fingerprint density at radius 1 is 0.969 bits per heavy atom. The van der Waals surface area contributed by atoms with Crippen LogP contribution in [0.15, 0.2) is 77.9 Å². The van der Waals surface area contributed by atoms with Gasteiger partial charge in [-0.15, -0.1) is 11.3 Å². The van der Waals surface area contributed by atoms with Crippen LogP contribution in [-0.2, 0) is 6.61 Å². The van der Waals surface area contributed by atoms with Crippen molar-refractivity contribution in [2.24, 2.45) is 5.10 Å². The van der Waals surface area contributed by atoms with Crippen LogP contribution in [0, 0.1) is 13.8 Å². The predicted octanol–water partition coefficient (Wildman–Crippen LogP) is 6.46. The third-order valence-corrected chi connectivity index (χ3v) is 5.80. The van der Waals surface area contributed by atoms with Gasteiger partial charge in [0.1, 0.15) is 6.61 Å². The van der Waals surface area contributed by atoms with E-state index in [0.29, 0.717) is 18.1 Å². The number of nitrogens with zero attached hydrogens (tertiary/aromatic N) is 2. The second kappa shape index (κ2) is 10.1. The first-order valence-electron chi connectivity index (χ1n) is 10.3. The van der Waals surface area contributed by atoms with Crippen molar-refractivity contribution >= 4 is 22.7 Å². The van der Waals surface area contributed by atoms with Gasteiger partial charge in [-0.25, -0.2) is 4.98 Å². The monoisotopic (exact) mass is 443 g/mol. The van der Waals surface area contributed by atoms with Gasteiger partial charge in [0.2, 0.25) is 5.13 Å². The zero-order valence-corrected chi connectivity index (χ0v) is 19.1. The Kier molecular flexibility index (Phi) is 6.82. The normalized spacial score (nSPS) is 11.0. The Balaban J connectivity index is 1.44. The van der Waals surface area contributed by atoms with Gasteiger partial charge in [-0.1, -0.05) is 60.2 Å². The molecule has 1 aromatic heterocycles. The van der Waals surface area contributed by atoms with Crippen LogP contribution in [0.1, 0.15) is 21.6 Å². The standard InChI is InChI=1S/C26H25N3O2S/c1-18-9-11-20(12-10-18)17-31-24-15-21(13-14-23(24)30-3)16-27-29-26-28-25(19(2)32-26)22-7-5-4-6-8-22/h4-16H,17H2,1-3H3,(H,28,29)/b27-16-. The molecule has 4 rings (SSSR count). The average molecular weight is 444 g/mol. The van der Waals surface area contributed by atoms with Crippen molar-refractivity contribution in [1.82, 2.24) is 4.98 Å². The Hall–Kier alpha value is -3.64. The quantitative estimate of drug-likeness (QED) is 0.251. The Morgan fingerprint density at radius 2 is 1.75 bits per heavy atom. The van der Waals surface area contributed by atoms with E-state index >= 15 is 0 Å². The number of ether oxygens (including phenoxy) is 2. The summed E-state index contributed by atoms with van der Waals surface area (Å²) in [5.74, 6) is 1.36. The average Bonchev–Trinajstić information content (AvgIpc) is 3.19. The van der Waals surface area contributed by atoms with E-state index in [1.807, 2.05) is 36.4 Å². The summed E-state index contributed by atoms with van der Waals surface area (Å²) in [6, 6.07) is 24.2. The maximum Gasteiger partial charge on any atom is 0.204 e. The molecule has 0 saturated heterocycles. The number of anilines is 1. The molecule has 3 aromatic carbocycles. The lowest BCUT2D eigenvalue weighted by atomic mass is 10.1. The highest BCUT2D eigenvalue weighted by Crippen LogP contribution is 2.31. The highest BCUT2D eigenvalue weighted by Gasteiger charge is 2.09. The van der Waals surface area contributed by atoms with E-state index in [1.54, 1.807) is 24.7 Å². The van der Waals surface area contributed by atoms with Crippen molar-refractivity contribution in [3.8, 4) is 22.8 Å². The topological polar surface area (TPSA) is 55.7 Å². The summed E-state index contributed by atoms with van der Waals surface area (Å²) in [6.45, 7) is 4.60. The highest BCUT2D eigenvalue weighted by molar-refractivity contribution is 7.15. The minimum Gasteiger partial charge on any atom is -0.493 e. The molecule has 4 aromatic rings. The SMILES string of the molecule is COc1ccc(/C=N\Nc2nc(-c3ccccc3)c(C)s2)cc1OCc1ccc(C)cc1. The Morgan fingerprint density at radius 3 is 2.50 bits per heavy atom. The molecule has 0 amide bonds. The summed E-state index contributed by atoms with van der Waals surface area (Å²) in [5.41, 5.74) is 8.34. The number of rotatable bonds is 8. The van der Waals surface area contributed by atoms with Crippen molar-refractivity contribution in [2.45, 2.75) is 20.5 Å². The fourth-order valence-corrected chi connectivity index (χ4v) is 3.99. The molecule has 0 aliphatic carbocycles. The number of hydrazone groups is 1. The van der Waals surface area contributed by atoms with E-state index in [4.69, 9.17) is 9.47 Å². The van der Waals surface area contributed by atoms with Crippen LogP contribution >= 0.6 is 11.3 Å². The van der Waals surface area contributed by atoms with E-state index in [-0.39, 0.29) is 0 Å². The molecule has 0 aliphatic rings. The predicted molar refractivity (Wildman–Crippen MR) is 132 cm³/mol. The van der Waals surface area contributed by atoms with Crippen LogP contribution in [0.2, 0.25) is 0 Å². The van der Waals surface area contributed by atoms with E-state index < -0.39 is 0 Å². The first kappa shape index (κ1) is 21.6. The third kappa shape index (κ3) is 5.34. The van der Waals surface area contributed by atoms with Gasteiger partial charge >= 0.3 is 0 Å². The maximum absolute atomic E-state index is 6.01. The molecular weight excluding hydrogens is 418 g/mol. The molecule has 5 nitrogen and oxygen atoms in total. The van der Waals surface area contributed by atoms with Crippen LogP contribution in [0.4, 0.5) is 5.13 Å². The Labute approximate surface area is 192 Å². The molecule has 0 saturated carbocycles. The molecule has 0 unspecified atom stereocenters. The van der Waals surface area contributed by atoms with Gasteiger partial charge in [0.15, 0.2) is 11.5 Å². The number of hydrogen-bond donors (Lipinski definition) is 1. The van der Waals surface area contributed by atoms with E-state index in [1.165, 1.54) is 5.56 Å². The van der Waals surface area contributed by atoms with Crippen LogP contribution in [0.5, 0.6) is 11.5 Å². The van der Waals surface area contributed by atoms with E-state index in [9.17, 15) is 0 Å². The smallest absolute Gasteiger partial charge is 0.204 e. The van der Waals surface area contributed by atoms with Gasteiger partial charge in [0.25, 0.3) is 0 Å². The van der Waals surface area contributed by atoms with Crippen molar-refractivity contribution in [2.75, 3.05) is 12.5 Å². The first-order chi connectivity index (χ1) is 15.6. The van der Waals surface area contributed by atoms with E-state index in [2.05, 4.69) is 65.8 Å². The largest absolute Gasteiger partial charge is 0.493 e. The third-order valence-electron chi connectivity index (χ3n) is 4.92. The fourth-order valence-electron chi connectivity index (χ4n) is 3.20. The molecule has 0 aliphatic heterocycles. The van der Waals surface area contributed by atoms with Crippen LogP contribution in [0.25, 0.3) is 11.3 Å². The summed E-state index contributed by atoms with van der Waals surface area (Å²) >= 11 is 1.58. The lowest BCUT2D eigenvalue weighted by Gasteiger charge is -2.11. The summed E-state index contributed by atoms with van der Waals surface area (Å²) < 4.78 is 11.5. The van der Waals surface area contributed by atoms with Crippen molar-refractivity contribution in [3.05, 3.63) is 94.4 Å². The molecule has 0 spiro atoms. The molecule has 6 heteroatoms. The molecular formula is C26H25N3O2S. The van der Waals surface area contributed by atoms with Gasteiger partial charge in [0, 0.05) is 10.4 Å². The highest BCUT2D eigenvalue weighted by atomic mass is 32.1. The Bertz CT molecular complexity index is 1200. The van der Waals surface area contributed by atoms with Crippen LogP contribution in [0.3, 0.4) is 0 Å². The number of hydrogen-bond acceptors (Lipinski definition) is 6. The van der Waals surface area contributed by atoms with Gasteiger partial charge in [0.05, 0.1) is 19.0 Å². The summed E-state index contributed by atoms with van der Waals surface area (Å²) in [5, 5.41) is 5.11. The van der Waals surface area contributed by atoms with Gasteiger partial charge in [-0.05, 0) is 43.2 Å². The van der Waals surface area contributed by atoms with E-state index in [0.717, 1.165) is 32.4 Å². The number of nitrogens with one attached hydrogen (secondary N) is 1. The van der Waals surface area contributed by atoms with Crippen molar-refractivity contribution < 1.29 is 9.47 Å². The zero-order chi connectivity index (χ0) is 22.3. The van der Waals surface area contributed by atoms with Gasteiger partial charge in [-0.3, -0.25) is 5.43 Å². The summed E-state index contributed by atoms with van der Waals surface area (Å²) in [4.78, 5) is 5.82. The van der Waals surface area contributed by atoms with Gasteiger partial charge < -0.3 is 9.47 Å². The number of methoxy groups -OCH3 is 1. The lowest BCUT2D eigenvalue weighted by molar-refractivity contribution is 0.284. The van der Waals surface area contributed by atoms with Crippen molar-refractivity contribution in [1.29, 1.82) is 0 Å². The minimum absolute atomic E-state index is 0.468. The van der Waals surface area contributed by atoms with Crippen molar-refractivity contribution in [3.63, 3.8) is 0 Å². The zero-order valence-electron chi connectivity index (χ0n) is 18.3. The van der Waals surface area contributed by atoms with Crippen LogP contribution < -0.4 is 14.9 Å². The second-order valence-electron chi connectivity index (χ2n) is 7.34. The van der Waals surface area contributed by atoms with Crippen LogP contribution in [-0.4, -0.2) is 18.3 Å². The first-order valence-corrected chi connectivity index (χ1v) is 11.1. The number of aryl methyl sites for hydroxylation is 2. The fraction of sp³-hybridized carbons (Fsp3) is 0.154. The summed E-state index contributed by atoms with van der Waals surface area (Å²) in [6.07, 6.45) is 1.75. The molecule has 1 N–H and O–H groups in total. The molecule has 0 radical (unpaired) electrons. The minimum atomic E-state index is 0.468. The number of benzene rings is 3. The molecule has 32 heavy (non-hydrogen) atoms. The number of aromatic nitrogens is 1. The molecule has 0 atom stereocenters. The maximum atomic E-state index is 6.01.